The molecule has 2 aliphatic rings. The van der Waals surface area contributed by atoms with Crippen LogP contribution in [-0.4, -0.2) is 61.5 Å². The van der Waals surface area contributed by atoms with Crippen LogP contribution in [0.5, 0.6) is 0 Å². The first-order valence-corrected chi connectivity index (χ1v) is 15.5. The van der Waals surface area contributed by atoms with Crippen molar-refractivity contribution in [2.24, 2.45) is 10.9 Å². The molecule has 4 rings (SSSR count). The lowest BCUT2D eigenvalue weighted by atomic mass is 9.75. The Morgan fingerprint density at radius 1 is 1.12 bits per heavy atom. The number of allylic oxidation sites excluding steroid dienone is 1. The molecule has 0 bridgehead atoms. The Hall–Kier alpha value is -3.54. The summed E-state index contributed by atoms with van der Waals surface area (Å²) in [6, 6.07) is 14.2. The molecule has 0 saturated carbocycles. The van der Waals surface area contributed by atoms with Gasteiger partial charge in [0.2, 0.25) is 0 Å². The molecule has 2 aliphatic heterocycles. The zero-order valence-electron chi connectivity index (χ0n) is 24.8. The molecular weight excluding hydrogens is 572 g/mol. The van der Waals surface area contributed by atoms with E-state index in [4.69, 9.17) is 18.9 Å². The number of benzene rings is 2. The lowest BCUT2D eigenvalue weighted by molar-refractivity contribution is -0.384. The number of esters is 2. The molecule has 1 fully saturated rings. The Morgan fingerprint density at radius 3 is 2.60 bits per heavy atom. The number of ether oxygens (including phenoxy) is 4. The van der Waals surface area contributed by atoms with Gasteiger partial charge >= 0.3 is 11.9 Å². The van der Waals surface area contributed by atoms with E-state index >= 15 is 0 Å². The zero-order valence-corrected chi connectivity index (χ0v) is 25.6. The molecule has 10 nitrogen and oxygen atoms in total. The molecule has 43 heavy (non-hydrogen) atoms. The number of aryl methyl sites for hydroxylation is 1. The maximum atomic E-state index is 13.4. The third-order valence-electron chi connectivity index (χ3n) is 7.50. The average Bonchev–Trinajstić information content (AvgIpc) is 3.01. The van der Waals surface area contributed by atoms with Crippen molar-refractivity contribution in [3.05, 3.63) is 81.0 Å². The van der Waals surface area contributed by atoms with Crippen LogP contribution in [0.3, 0.4) is 0 Å². The van der Waals surface area contributed by atoms with Gasteiger partial charge in [0.05, 0.1) is 24.2 Å². The van der Waals surface area contributed by atoms with Gasteiger partial charge in [-0.05, 0) is 69.2 Å². The first-order chi connectivity index (χ1) is 20.8. The van der Waals surface area contributed by atoms with Crippen LogP contribution in [0.15, 0.2) is 69.7 Å². The van der Waals surface area contributed by atoms with E-state index < -0.39 is 28.7 Å². The number of rotatable bonds is 13. The van der Waals surface area contributed by atoms with E-state index in [9.17, 15) is 19.7 Å². The Kier molecular flexibility index (Phi) is 11.9. The Bertz CT molecular complexity index is 1350. The molecule has 2 aromatic carbocycles. The molecule has 0 spiro atoms. The predicted molar refractivity (Wildman–Crippen MR) is 163 cm³/mol. The normalized spacial score (nSPS) is 20.3. The molecular formula is C32H38N2O8S. The SMILES string of the molecule is COC(=O)C1C(C)=NC(C)=C(C(=O)OCCSc2ccc(CCCOC3CCCCO3)cc2)C1c1cccc([N+](=O)[O-])c1. The van der Waals surface area contributed by atoms with Crippen LogP contribution in [0.1, 0.15) is 56.6 Å². The summed E-state index contributed by atoms with van der Waals surface area (Å²) in [5.41, 5.74) is 2.58. The van der Waals surface area contributed by atoms with Crippen molar-refractivity contribution in [1.29, 1.82) is 0 Å². The third-order valence-corrected chi connectivity index (χ3v) is 8.48. The highest BCUT2D eigenvalue weighted by molar-refractivity contribution is 7.99. The number of nitro benzene ring substituents is 1. The largest absolute Gasteiger partial charge is 0.468 e. The summed E-state index contributed by atoms with van der Waals surface area (Å²) in [4.78, 5) is 42.6. The predicted octanol–water partition coefficient (Wildman–Crippen LogP) is 6.03. The van der Waals surface area contributed by atoms with Gasteiger partial charge in [0.1, 0.15) is 12.5 Å². The molecule has 0 N–H and O–H groups in total. The maximum absolute atomic E-state index is 13.4. The van der Waals surface area contributed by atoms with Crippen LogP contribution in [0.2, 0.25) is 0 Å². The number of nitrogens with zero attached hydrogens (tertiary/aromatic N) is 2. The van der Waals surface area contributed by atoms with Crippen molar-refractivity contribution in [2.75, 3.05) is 32.7 Å². The minimum Gasteiger partial charge on any atom is -0.468 e. The topological polar surface area (TPSA) is 127 Å². The van der Waals surface area contributed by atoms with Crippen molar-refractivity contribution in [2.45, 2.75) is 63.1 Å². The van der Waals surface area contributed by atoms with Gasteiger partial charge in [-0.25, -0.2) is 4.79 Å². The zero-order chi connectivity index (χ0) is 30.8. The number of nitro groups is 1. The number of methoxy groups -OCH3 is 1. The average molecular weight is 611 g/mol. The van der Waals surface area contributed by atoms with E-state index in [1.807, 2.05) is 0 Å². The monoisotopic (exact) mass is 610 g/mol. The van der Waals surface area contributed by atoms with Crippen molar-refractivity contribution < 1.29 is 33.5 Å². The lowest BCUT2D eigenvalue weighted by Gasteiger charge is -2.31. The van der Waals surface area contributed by atoms with Crippen molar-refractivity contribution in [1.82, 2.24) is 0 Å². The van der Waals surface area contributed by atoms with Crippen molar-refractivity contribution >= 4 is 35.1 Å². The van der Waals surface area contributed by atoms with Gasteiger partial charge < -0.3 is 18.9 Å². The summed E-state index contributed by atoms with van der Waals surface area (Å²) in [6.45, 7) is 4.95. The first-order valence-electron chi connectivity index (χ1n) is 14.5. The van der Waals surface area contributed by atoms with E-state index in [0.717, 1.165) is 43.6 Å². The van der Waals surface area contributed by atoms with Gasteiger partial charge in [0, 0.05) is 46.7 Å². The number of carbonyl (C=O) groups is 2. The smallest absolute Gasteiger partial charge is 0.336 e. The molecule has 230 valence electrons. The van der Waals surface area contributed by atoms with Crippen LogP contribution >= 0.6 is 11.8 Å². The second-order valence-electron chi connectivity index (χ2n) is 10.5. The maximum Gasteiger partial charge on any atom is 0.336 e. The number of hydrogen-bond acceptors (Lipinski definition) is 10. The van der Waals surface area contributed by atoms with E-state index in [2.05, 4.69) is 29.3 Å². The van der Waals surface area contributed by atoms with Crippen molar-refractivity contribution in [3.63, 3.8) is 0 Å². The van der Waals surface area contributed by atoms with E-state index in [1.54, 1.807) is 31.7 Å². The molecule has 3 atom stereocenters. The minimum atomic E-state index is -0.918. The van der Waals surface area contributed by atoms with Crippen LogP contribution in [0.25, 0.3) is 0 Å². The fraction of sp³-hybridized carbons (Fsp3) is 0.469. The Labute approximate surface area is 256 Å². The fourth-order valence-electron chi connectivity index (χ4n) is 5.38. The first kappa shape index (κ1) is 32.4. The van der Waals surface area contributed by atoms with Gasteiger partial charge in [-0.15, -0.1) is 11.8 Å². The van der Waals surface area contributed by atoms with Crippen LogP contribution in [0.4, 0.5) is 5.69 Å². The third kappa shape index (κ3) is 8.75. The molecule has 1 saturated heterocycles. The highest BCUT2D eigenvalue weighted by Crippen LogP contribution is 2.41. The van der Waals surface area contributed by atoms with E-state index in [0.29, 0.717) is 29.3 Å². The van der Waals surface area contributed by atoms with Crippen LogP contribution in [0, 0.1) is 16.0 Å². The van der Waals surface area contributed by atoms with Crippen molar-refractivity contribution in [3.8, 4) is 0 Å². The van der Waals surface area contributed by atoms with Crippen LogP contribution < -0.4 is 0 Å². The van der Waals surface area contributed by atoms with Gasteiger partial charge in [-0.3, -0.25) is 19.9 Å². The Morgan fingerprint density at radius 2 is 1.91 bits per heavy atom. The van der Waals surface area contributed by atoms with Gasteiger partial charge in [-0.2, -0.15) is 0 Å². The molecule has 0 amide bonds. The number of non-ortho nitro benzene ring substituents is 1. The molecule has 0 aliphatic carbocycles. The second kappa shape index (κ2) is 15.8. The molecule has 2 aromatic rings. The summed E-state index contributed by atoms with van der Waals surface area (Å²) in [7, 11) is 1.26. The number of thioether (sulfide) groups is 1. The molecule has 2 heterocycles. The Balaban J connectivity index is 1.33. The highest BCUT2D eigenvalue weighted by Gasteiger charge is 2.42. The summed E-state index contributed by atoms with van der Waals surface area (Å²) >= 11 is 1.57. The molecule has 11 heteroatoms. The fourth-order valence-corrected chi connectivity index (χ4v) is 6.11. The van der Waals surface area contributed by atoms with Gasteiger partial charge in [0.25, 0.3) is 5.69 Å². The molecule has 0 aromatic heterocycles. The summed E-state index contributed by atoms with van der Waals surface area (Å²) in [6.07, 6.45) is 5.03. The number of hydrogen-bond donors (Lipinski definition) is 0. The van der Waals surface area contributed by atoms with Gasteiger partial charge in [0.15, 0.2) is 6.29 Å². The quantitative estimate of drug-likeness (QED) is 0.0879. The lowest BCUT2D eigenvalue weighted by Crippen LogP contribution is -2.36. The summed E-state index contributed by atoms with van der Waals surface area (Å²) in [5, 5.41) is 11.5. The highest BCUT2D eigenvalue weighted by atomic mass is 32.2. The van der Waals surface area contributed by atoms with Gasteiger partial charge in [-0.1, -0.05) is 24.3 Å². The molecule has 0 radical (unpaired) electrons. The summed E-state index contributed by atoms with van der Waals surface area (Å²) < 4.78 is 22.1. The van der Waals surface area contributed by atoms with Crippen LogP contribution in [-0.2, 0) is 35.0 Å². The van der Waals surface area contributed by atoms with E-state index in [1.165, 1.54) is 30.9 Å². The minimum absolute atomic E-state index is 0.0586. The summed E-state index contributed by atoms with van der Waals surface area (Å²) in [5.74, 6) is -2.43. The number of carbonyl (C=O) groups excluding carboxylic acids is 2. The second-order valence-corrected chi connectivity index (χ2v) is 11.7. The molecule has 3 unspecified atom stereocenters. The van der Waals surface area contributed by atoms with E-state index in [-0.39, 0.29) is 24.2 Å². The standard InChI is InChI=1S/C32H38N2O8S/c1-21-28(31(35)39-3)30(24-9-6-10-25(20-24)34(37)38)29(22(2)33-21)32(36)42-18-19-43-26-14-12-23(13-15-26)8-7-17-41-27-11-4-5-16-40-27/h6,9-10,12-15,20,27-28,30H,4-5,7-8,11,16-19H2,1-3H3. The number of aliphatic imine (C=N–C) groups is 1.